The summed E-state index contributed by atoms with van der Waals surface area (Å²) in [5.74, 6) is 0.783. The highest BCUT2D eigenvalue weighted by Crippen LogP contribution is 2.30. The van der Waals surface area contributed by atoms with Gasteiger partial charge in [0.1, 0.15) is 5.76 Å². The fraction of sp³-hybridized carbons (Fsp3) is 0. The quantitative estimate of drug-likeness (QED) is 0.543. The molecule has 3 aromatic rings. The second-order valence-corrected chi connectivity index (χ2v) is 5.19. The molecule has 3 rings (SSSR count). The van der Waals surface area contributed by atoms with E-state index in [9.17, 15) is 0 Å². The molecule has 0 N–H and O–H groups in total. The third kappa shape index (κ3) is 2.00. The summed E-state index contributed by atoms with van der Waals surface area (Å²) in [7, 11) is 0. The second-order valence-electron chi connectivity index (χ2n) is 3.97. The van der Waals surface area contributed by atoms with Crippen molar-refractivity contribution in [3.8, 4) is 11.3 Å². The first-order valence-corrected chi connectivity index (χ1v) is 6.73. The number of hydrogen-bond donors (Lipinski definition) is 0. The fourth-order valence-corrected chi connectivity index (χ4v) is 2.68. The number of fused-ring (bicyclic) bond motifs is 1. The van der Waals surface area contributed by atoms with Crippen LogP contribution in [-0.2, 0) is 0 Å². The molecule has 1 heterocycles. The number of benzene rings is 2. The summed E-state index contributed by atoms with van der Waals surface area (Å²) in [5, 5.41) is 2.07. The van der Waals surface area contributed by atoms with Crippen LogP contribution in [0.1, 0.15) is 0 Å². The number of hydrogen-bond acceptors (Lipinski definition) is 2. The lowest BCUT2D eigenvalue weighted by atomic mass is 10.1. The van der Waals surface area contributed by atoms with Crippen LogP contribution in [0.5, 0.6) is 0 Å². The van der Waals surface area contributed by atoms with Crippen LogP contribution in [0.4, 0.5) is 0 Å². The zero-order valence-corrected chi connectivity index (χ0v) is 11.8. The summed E-state index contributed by atoms with van der Waals surface area (Å²) in [6.07, 6.45) is 0. The summed E-state index contributed by atoms with van der Waals surface area (Å²) in [6.45, 7) is 0. The lowest BCUT2D eigenvalue weighted by molar-refractivity contribution is 0.557. The molecule has 0 amide bonds. The van der Waals surface area contributed by atoms with Crippen molar-refractivity contribution < 1.29 is 4.42 Å². The van der Waals surface area contributed by atoms with Gasteiger partial charge in [-0.05, 0) is 35.8 Å². The first-order chi connectivity index (χ1) is 8.75. The largest absolute Gasteiger partial charge is 0.445 e. The highest BCUT2D eigenvalue weighted by Gasteiger charge is 2.07. The molecule has 0 radical (unpaired) electrons. The Balaban J connectivity index is 2.32. The van der Waals surface area contributed by atoms with Crippen molar-refractivity contribution in [1.82, 2.24) is 0 Å². The average Bonchev–Trinajstić information content (AvgIpc) is 2.39. The minimum atomic E-state index is 0.527. The van der Waals surface area contributed by atoms with Gasteiger partial charge in [-0.1, -0.05) is 52.3 Å². The van der Waals surface area contributed by atoms with E-state index in [0.717, 1.165) is 26.6 Å². The zero-order chi connectivity index (χ0) is 12.5. The van der Waals surface area contributed by atoms with Crippen LogP contribution < -0.4 is 0 Å². The van der Waals surface area contributed by atoms with E-state index in [1.165, 1.54) is 0 Å². The maximum Gasteiger partial charge on any atom is 0.198 e. The highest BCUT2D eigenvalue weighted by atomic mass is 79.9. The van der Waals surface area contributed by atoms with E-state index in [1.54, 1.807) is 0 Å². The Morgan fingerprint density at radius 3 is 2.50 bits per heavy atom. The maximum absolute atomic E-state index is 5.74. The topological polar surface area (TPSA) is 13.1 Å². The van der Waals surface area contributed by atoms with Crippen molar-refractivity contribution in [2.24, 2.45) is 0 Å². The van der Waals surface area contributed by atoms with E-state index >= 15 is 0 Å². The molecule has 0 aliphatic rings. The standard InChI is InChI=1S/C15H9BrOS/c16-13-8-4-3-7-12(13)14-9-10-5-1-2-6-11(10)15(18)17-14/h1-9H. The molecular formula is C15H9BrOS. The summed E-state index contributed by atoms with van der Waals surface area (Å²) >= 11 is 8.83. The second kappa shape index (κ2) is 4.67. The lowest BCUT2D eigenvalue weighted by Gasteiger charge is -2.05. The Morgan fingerprint density at radius 1 is 0.944 bits per heavy atom. The Kier molecular flexibility index (Phi) is 3.02. The van der Waals surface area contributed by atoms with Crippen molar-refractivity contribution in [2.75, 3.05) is 0 Å². The molecule has 3 heteroatoms. The molecule has 18 heavy (non-hydrogen) atoms. The van der Waals surface area contributed by atoms with E-state index in [2.05, 4.69) is 15.9 Å². The van der Waals surface area contributed by atoms with Gasteiger partial charge >= 0.3 is 0 Å². The SMILES string of the molecule is S=c1oc(-c2ccccc2Br)cc2ccccc12. The predicted octanol–water partition coefficient (Wildman–Crippen LogP) is 5.59. The lowest BCUT2D eigenvalue weighted by Crippen LogP contribution is -1.81. The van der Waals surface area contributed by atoms with Gasteiger partial charge in [0, 0.05) is 15.4 Å². The molecule has 0 aliphatic carbocycles. The van der Waals surface area contributed by atoms with Crippen LogP contribution in [0.25, 0.3) is 22.1 Å². The van der Waals surface area contributed by atoms with Gasteiger partial charge in [0.2, 0.25) is 0 Å². The monoisotopic (exact) mass is 316 g/mol. The molecule has 0 saturated heterocycles. The smallest absolute Gasteiger partial charge is 0.198 e. The molecular weight excluding hydrogens is 308 g/mol. The van der Waals surface area contributed by atoms with Gasteiger partial charge in [-0.15, -0.1) is 0 Å². The minimum Gasteiger partial charge on any atom is -0.445 e. The molecule has 0 spiro atoms. The predicted molar refractivity (Wildman–Crippen MR) is 80.2 cm³/mol. The van der Waals surface area contributed by atoms with Crippen molar-refractivity contribution in [2.45, 2.75) is 0 Å². The zero-order valence-electron chi connectivity index (χ0n) is 9.39. The van der Waals surface area contributed by atoms with Crippen LogP contribution in [0.3, 0.4) is 0 Å². The average molecular weight is 317 g/mol. The van der Waals surface area contributed by atoms with Gasteiger partial charge in [0.25, 0.3) is 0 Å². The Morgan fingerprint density at radius 2 is 1.67 bits per heavy atom. The summed E-state index contributed by atoms with van der Waals surface area (Å²) in [6, 6.07) is 18.0. The molecule has 88 valence electrons. The van der Waals surface area contributed by atoms with Gasteiger partial charge in [-0.25, -0.2) is 0 Å². The molecule has 1 aromatic heterocycles. The van der Waals surface area contributed by atoms with Crippen LogP contribution >= 0.6 is 28.1 Å². The molecule has 0 saturated carbocycles. The first-order valence-electron chi connectivity index (χ1n) is 5.53. The van der Waals surface area contributed by atoms with Crippen molar-refractivity contribution in [3.05, 3.63) is 63.8 Å². The fourth-order valence-electron chi connectivity index (χ4n) is 1.93. The molecule has 0 aliphatic heterocycles. The van der Waals surface area contributed by atoms with Crippen molar-refractivity contribution in [3.63, 3.8) is 0 Å². The Labute approximate surface area is 118 Å². The van der Waals surface area contributed by atoms with Crippen molar-refractivity contribution in [1.29, 1.82) is 0 Å². The summed E-state index contributed by atoms with van der Waals surface area (Å²) in [4.78, 5) is 0. The van der Waals surface area contributed by atoms with E-state index in [0.29, 0.717) is 4.71 Å². The van der Waals surface area contributed by atoms with Crippen LogP contribution in [0.15, 0.2) is 63.5 Å². The van der Waals surface area contributed by atoms with Crippen LogP contribution in [-0.4, -0.2) is 0 Å². The van der Waals surface area contributed by atoms with Crippen LogP contribution in [0, 0.1) is 4.71 Å². The molecule has 0 unspecified atom stereocenters. The first kappa shape index (κ1) is 11.6. The third-order valence-corrected chi connectivity index (χ3v) is 3.80. The summed E-state index contributed by atoms with van der Waals surface area (Å²) in [5.41, 5.74) is 1.01. The van der Waals surface area contributed by atoms with E-state index in [1.807, 2.05) is 54.6 Å². The Bertz CT molecular complexity index is 777. The minimum absolute atomic E-state index is 0.527. The Hall–Kier alpha value is -1.45. The van der Waals surface area contributed by atoms with E-state index in [-0.39, 0.29) is 0 Å². The van der Waals surface area contributed by atoms with Crippen LogP contribution in [0.2, 0.25) is 0 Å². The maximum atomic E-state index is 5.74. The highest BCUT2D eigenvalue weighted by molar-refractivity contribution is 9.10. The molecule has 1 nitrogen and oxygen atoms in total. The van der Waals surface area contributed by atoms with E-state index in [4.69, 9.17) is 16.6 Å². The van der Waals surface area contributed by atoms with Gasteiger partial charge in [-0.2, -0.15) is 0 Å². The van der Waals surface area contributed by atoms with E-state index < -0.39 is 0 Å². The van der Waals surface area contributed by atoms with Gasteiger partial charge in [0.05, 0.1) is 0 Å². The number of halogens is 1. The molecule has 0 atom stereocenters. The van der Waals surface area contributed by atoms with Gasteiger partial charge in [-0.3, -0.25) is 0 Å². The third-order valence-electron chi connectivity index (χ3n) is 2.81. The van der Waals surface area contributed by atoms with Gasteiger partial charge in [0.15, 0.2) is 4.71 Å². The molecule has 0 fully saturated rings. The summed E-state index contributed by atoms with van der Waals surface area (Å²) < 4.78 is 7.27. The number of rotatable bonds is 1. The van der Waals surface area contributed by atoms with Gasteiger partial charge < -0.3 is 4.42 Å². The molecule has 2 aromatic carbocycles. The molecule has 0 bridgehead atoms. The van der Waals surface area contributed by atoms with Crippen molar-refractivity contribution >= 4 is 38.9 Å². The normalized spacial score (nSPS) is 10.7.